The van der Waals surface area contributed by atoms with Gasteiger partial charge in [0.25, 0.3) is 0 Å². The van der Waals surface area contributed by atoms with Crippen LogP contribution in [0.3, 0.4) is 0 Å². The monoisotopic (exact) mass is 418 g/mol. The number of nitrogens with zero attached hydrogens (tertiary/aromatic N) is 1. The van der Waals surface area contributed by atoms with E-state index < -0.39 is 5.92 Å². The Kier molecular flexibility index (Phi) is 5.65. The zero-order valence-electron chi connectivity index (χ0n) is 17.0. The molecule has 2 aromatic carbocycles. The predicted octanol–water partition coefficient (Wildman–Crippen LogP) is 5.62. The quantitative estimate of drug-likeness (QED) is 0.699. The highest BCUT2D eigenvalue weighted by Gasteiger charge is 2.39. The van der Waals surface area contributed by atoms with Gasteiger partial charge in [-0.25, -0.2) is 0 Å². The second-order valence-electron chi connectivity index (χ2n) is 7.65. The van der Waals surface area contributed by atoms with Crippen LogP contribution in [0.4, 0.5) is 0 Å². The van der Waals surface area contributed by atoms with Crippen molar-refractivity contribution < 1.29 is 9.53 Å². The van der Waals surface area contributed by atoms with Crippen LogP contribution >= 0.6 is 11.6 Å². The first-order valence-electron chi connectivity index (χ1n) is 10.1. The number of carbonyl (C=O) groups is 1. The minimum atomic E-state index is -0.410. The summed E-state index contributed by atoms with van der Waals surface area (Å²) in [7, 11) is 0. The van der Waals surface area contributed by atoms with Crippen molar-refractivity contribution in [2.45, 2.75) is 38.5 Å². The number of carbonyl (C=O) groups excluding carboxylic acids is 1. The van der Waals surface area contributed by atoms with E-state index in [-0.39, 0.29) is 11.7 Å². The van der Waals surface area contributed by atoms with E-state index in [0.29, 0.717) is 41.4 Å². The Morgan fingerprint density at radius 3 is 2.60 bits per heavy atom. The summed E-state index contributed by atoms with van der Waals surface area (Å²) in [5.74, 6) is 0.458. The number of allylic oxidation sites excluding steroid dienone is 4. The lowest BCUT2D eigenvalue weighted by Crippen LogP contribution is -2.33. The van der Waals surface area contributed by atoms with Gasteiger partial charge in [0.1, 0.15) is 5.75 Å². The van der Waals surface area contributed by atoms with Crippen molar-refractivity contribution in [3.8, 4) is 11.8 Å². The van der Waals surface area contributed by atoms with Gasteiger partial charge in [-0.2, -0.15) is 5.26 Å². The summed E-state index contributed by atoms with van der Waals surface area (Å²) >= 11 is 6.03. The van der Waals surface area contributed by atoms with Crippen LogP contribution < -0.4 is 10.1 Å². The third kappa shape index (κ3) is 3.62. The highest BCUT2D eigenvalue weighted by Crippen LogP contribution is 2.47. The molecule has 0 saturated carbocycles. The fraction of sp³-hybridized carbons (Fsp3) is 0.280. The van der Waals surface area contributed by atoms with E-state index in [1.54, 1.807) is 0 Å². The first-order chi connectivity index (χ1) is 14.5. The summed E-state index contributed by atoms with van der Waals surface area (Å²) in [5, 5.41) is 14.0. The molecule has 2 aliphatic rings. The number of nitrogens with one attached hydrogen (secondary N) is 1. The van der Waals surface area contributed by atoms with Crippen LogP contribution in [0, 0.1) is 11.3 Å². The standard InChI is InChI=1S/C25H23ClN2O2/c1-3-30-23-7-5-4-6-19(23)24-20(14-27)15(2)28-21-12-17(13-22(29)25(21)24)16-8-10-18(26)11-9-16/h4-11,17,24,28H,3,12-13H2,1-2H3/t17-,24+/m1/s1. The highest BCUT2D eigenvalue weighted by atomic mass is 35.5. The molecule has 1 aliphatic carbocycles. The molecule has 0 unspecified atom stereocenters. The van der Waals surface area contributed by atoms with E-state index in [1.165, 1.54) is 0 Å². The molecule has 0 bridgehead atoms. The van der Waals surface area contributed by atoms with Crippen molar-refractivity contribution in [1.82, 2.24) is 5.32 Å². The molecule has 0 saturated heterocycles. The van der Waals surface area contributed by atoms with Gasteiger partial charge in [0.05, 0.1) is 24.2 Å². The number of hydrogen-bond acceptors (Lipinski definition) is 4. The Bertz CT molecular complexity index is 1090. The van der Waals surface area contributed by atoms with Crippen molar-refractivity contribution in [2.24, 2.45) is 0 Å². The number of para-hydroxylation sites is 1. The minimum absolute atomic E-state index is 0.0697. The number of dihydropyridines is 1. The third-order valence-electron chi connectivity index (χ3n) is 5.82. The number of hydrogen-bond donors (Lipinski definition) is 1. The SMILES string of the molecule is CCOc1ccccc1[C@H]1C(C#N)=C(C)NC2=C1C(=O)C[C@H](c1ccc(Cl)cc1)C2. The van der Waals surface area contributed by atoms with Crippen LogP contribution in [0.25, 0.3) is 0 Å². The van der Waals surface area contributed by atoms with Gasteiger partial charge in [0.15, 0.2) is 5.78 Å². The number of nitriles is 1. The summed E-state index contributed by atoms with van der Waals surface area (Å²) in [6.45, 7) is 4.35. The van der Waals surface area contributed by atoms with Crippen molar-refractivity contribution in [3.63, 3.8) is 0 Å². The fourth-order valence-corrected chi connectivity index (χ4v) is 4.60. The van der Waals surface area contributed by atoms with E-state index in [9.17, 15) is 10.1 Å². The second kappa shape index (κ2) is 8.38. The van der Waals surface area contributed by atoms with E-state index >= 15 is 0 Å². The van der Waals surface area contributed by atoms with Crippen molar-refractivity contribution >= 4 is 17.4 Å². The first-order valence-corrected chi connectivity index (χ1v) is 10.5. The van der Waals surface area contributed by atoms with Crippen LogP contribution in [-0.2, 0) is 4.79 Å². The van der Waals surface area contributed by atoms with Gasteiger partial charge in [-0.05, 0) is 49.9 Å². The summed E-state index contributed by atoms with van der Waals surface area (Å²) in [5.41, 5.74) is 4.91. The van der Waals surface area contributed by atoms with Crippen LogP contribution in [0.1, 0.15) is 49.7 Å². The van der Waals surface area contributed by atoms with Crippen molar-refractivity contribution in [3.05, 3.63) is 87.2 Å². The molecule has 1 N–H and O–H groups in total. The zero-order valence-corrected chi connectivity index (χ0v) is 17.8. The summed E-state index contributed by atoms with van der Waals surface area (Å²) in [4.78, 5) is 13.4. The van der Waals surface area contributed by atoms with Gasteiger partial charge >= 0.3 is 0 Å². The molecule has 0 radical (unpaired) electrons. The summed E-state index contributed by atoms with van der Waals surface area (Å²) in [6.07, 6.45) is 1.12. The minimum Gasteiger partial charge on any atom is -0.494 e. The van der Waals surface area contributed by atoms with Gasteiger partial charge in [-0.15, -0.1) is 0 Å². The normalized spacial score (nSPS) is 21.1. The van der Waals surface area contributed by atoms with Gasteiger partial charge in [-0.1, -0.05) is 41.9 Å². The van der Waals surface area contributed by atoms with E-state index in [1.807, 2.05) is 62.4 Å². The molecule has 0 spiro atoms. The average molecular weight is 419 g/mol. The third-order valence-corrected chi connectivity index (χ3v) is 6.07. The van der Waals surface area contributed by atoms with Crippen molar-refractivity contribution in [1.29, 1.82) is 5.26 Å². The lowest BCUT2D eigenvalue weighted by Gasteiger charge is -2.36. The van der Waals surface area contributed by atoms with Crippen LogP contribution in [0.15, 0.2) is 71.1 Å². The number of ketones is 1. The molecule has 2 atom stereocenters. The van der Waals surface area contributed by atoms with E-state index in [4.69, 9.17) is 16.3 Å². The highest BCUT2D eigenvalue weighted by molar-refractivity contribution is 6.30. The number of halogens is 1. The first kappa shape index (κ1) is 20.3. The molecule has 152 valence electrons. The Morgan fingerprint density at radius 1 is 1.17 bits per heavy atom. The van der Waals surface area contributed by atoms with Crippen molar-refractivity contribution in [2.75, 3.05) is 6.61 Å². The summed E-state index contributed by atoms with van der Waals surface area (Å²) in [6, 6.07) is 17.7. The Balaban J connectivity index is 1.80. The number of benzene rings is 2. The molecule has 0 aromatic heterocycles. The fourth-order valence-electron chi connectivity index (χ4n) is 4.47. The molecule has 2 aromatic rings. The second-order valence-corrected chi connectivity index (χ2v) is 8.09. The Hall–Kier alpha value is -3.03. The maximum atomic E-state index is 13.4. The number of rotatable bonds is 4. The molecule has 1 aliphatic heterocycles. The maximum Gasteiger partial charge on any atom is 0.162 e. The van der Waals surface area contributed by atoms with E-state index in [0.717, 1.165) is 22.5 Å². The van der Waals surface area contributed by atoms with Gasteiger partial charge in [0, 0.05) is 34.0 Å². The molecular formula is C25H23ClN2O2. The topological polar surface area (TPSA) is 62.1 Å². The molecule has 4 rings (SSSR count). The lowest BCUT2D eigenvalue weighted by molar-refractivity contribution is -0.116. The predicted molar refractivity (Wildman–Crippen MR) is 117 cm³/mol. The van der Waals surface area contributed by atoms with E-state index in [2.05, 4.69) is 11.4 Å². The van der Waals surface area contributed by atoms with Gasteiger partial charge in [0.2, 0.25) is 0 Å². The zero-order chi connectivity index (χ0) is 21.3. The molecule has 5 heteroatoms. The number of Topliss-reactive ketones (excluding diaryl/α,β-unsaturated/α-hetero) is 1. The molecule has 0 fully saturated rings. The Labute approximate surface area is 181 Å². The smallest absolute Gasteiger partial charge is 0.162 e. The van der Waals surface area contributed by atoms with Crippen LogP contribution in [0.2, 0.25) is 5.02 Å². The van der Waals surface area contributed by atoms with Gasteiger partial charge in [-0.3, -0.25) is 4.79 Å². The summed E-state index contributed by atoms with van der Waals surface area (Å²) < 4.78 is 5.84. The molecule has 4 nitrogen and oxygen atoms in total. The number of ether oxygens (including phenoxy) is 1. The largest absolute Gasteiger partial charge is 0.494 e. The molecule has 0 amide bonds. The Morgan fingerprint density at radius 2 is 1.90 bits per heavy atom. The van der Waals surface area contributed by atoms with Crippen LogP contribution in [0.5, 0.6) is 5.75 Å². The maximum absolute atomic E-state index is 13.4. The molecular weight excluding hydrogens is 396 g/mol. The molecule has 30 heavy (non-hydrogen) atoms. The van der Waals surface area contributed by atoms with Crippen LogP contribution in [-0.4, -0.2) is 12.4 Å². The average Bonchev–Trinajstić information content (AvgIpc) is 2.74. The lowest BCUT2D eigenvalue weighted by atomic mass is 9.72. The molecule has 1 heterocycles. The van der Waals surface area contributed by atoms with Gasteiger partial charge < -0.3 is 10.1 Å².